The molecule has 2 N–H and O–H groups in total. The number of halogens is 2. The van der Waals surface area contributed by atoms with E-state index in [2.05, 4.69) is 33.5 Å². The molecule has 18 heavy (non-hydrogen) atoms. The molecule has 0 spiro atoms. The van der Waals surface area contributed by atoms with E-state index >= 15 is 0 Å². The molecule has 0 radical (unpaired) electrons. The van der Waals surface area contributed by atoms with Crippen LogP contribution >= 0.6 is 27.5 Å². The molecule has 0 aliphatic rings. The second-order valence-electron chi connectivity index (χ2n) is 4.14. The zero-order valence-corrected chi connectivity index (χ0v) is 13.0. The Morgan fingerprint density at radius 2 is 2.17 bits per heavy atom. The lowest BCUT2D eigenvalue weighted by atomic mass is 10.2. The van der Waals surface area contributed by atoms with Gasteiger partial charge in [0, 0.05) is 16.0 Å². The van der Waals surface area contributed by atoms with Crippen molar-refractivity contribution in [1.82, 2.24) is 5.32 Å². The van der Waals surface area contributed by atoms with Crippen molar-refractivity contribution in [2.45, 2.75) is 26.7 Å². The summed E-state index contributed by atoms with van der Waals surface area (Å²) in [4.78, 5) is 11.5. The maximum absolute atomic E-state index is 11.5. The van der Waals surface area contributed by atoms with Crippen LogP contribution in [-0.2, 0) is 4.79 Å². The molecule has 0 heterocycles. The van der Waals surface area contributed by atoms with Gasteiger partial charge in [0.05, 0.1) is 12.2 Å². The van der Waals surface area contributed by atoms with Crippen molar-refractivity contribution < 1.29 is 4.79 Å². The number of carbonyl (C=O) groups is 1. The minimum atomic E-state index is -0.00736. The summed E-state index contributed by atoms with van der Waals surface area (Å²) in [6.45, 7) is 5.01. The Bertz CT molecular complexity index is 424. The highest BCUT2D eigenvalue weighted by molar-refractivity contribution is 9.10. The highest BCUT2D eigenvalue weighted by Gasteiger charge is 2.06. The van der Waals surface area contributed by atoms with E-state index in [9.17, 15) is 4.79 Å². The summed E-state index contributed by atoms with van der Waals surface area (Å²) in [6.07, 6.45) is 2.08. The highest BCUT2D eigenvalue weighted by Crippen LogP contribution is 2.28. The number of nitrogens with one attached hydrogen (secondary N) is 2. The largest absolute Gasteiger partial charge is 0.375 e. The summed E-state index contributed by atoms with van der Waals surface area (Å²) in [6, 6.07) is 3.75. The molecule has 0 saturated heterocycles. The van der Waals surface area contributed by atoms with Crippen LogP contribution in [0.15, 0.2) is 16.6 Å². The van der Waals surface area contributed by atoms with Gasteiger partial charge in [-0.25, -0.2) is 0 Å². The number of unbranched alkanes of at least 4 members (excludes halogenated alkanes) is 1. The van der Waals surface area contributed by atoms with Gasteiger partial charge in [0.1, 0.15) is 0 Å². The van der Waals surface area contributed by atoms with Crippen LogP contribution in [0, 0.1) is 6.92 Å². The number of benzene rings is 1. The van der Waals surface area contributed by atoms with E-state index in [1.807, 2.05) is 19.1 Å². The van der Waals surface area contributed by atoms with Gasteiger partial charge in [0.15, 0.2) is 0 Å². The van der Waals surface area contributed by atoms with Crippen molar-refractivity contribution in [3.05, 3.63) is 27.2 Å². The lowest BCUT2D eigenvalue weighted by molar-refractivity contribution is -0.119. The molecule has 0 unspecified atom stereocenters. The average Bonchev–Trinajstić information content (AvgIpc) is 2.32. The van der Waals surface area contributed by atoms with Gasteiger partial charge in [-0.05, 0) is 47.0 Å². The molecule has 3 nitrogen and oxygen atoms in total. The quantitative estimate of drug-likeness (QED) is 0.779. The van der Waals surface area contributed by atoms with Crippen LogP contribution in [-0.4, -0.2) is 19.0 Å². The van der Waals surface area contributed by atoms with E-state index in [0.29, 0.717) is 5.02 Å². The zero-order valence-electron chi connectivity index (χ0n) is 10.6. The Balaban J connectivity index is 2.48. The van der Waals surface area contributed by atoms with Crippen molar-refractivity contribution in [1.29, 1.82) is 0 Å². The van der Waals surface area contributed by atoms with Crippen LogP contribution in [0.2, 0.25) is 5.02 Å². The third kappa shape index (κ3) is 4.86. The Morgan fingerprint density at radius 1 is 1.44 bits per heavy atom. The molecule has 100 valence electrons. The molecule has 1 amide bonds. The van der Waals surface area contributed by atoms with E-state index in [-0.39, 0.29) is 12.5 Å². The fourth-order valence-corrected chi connectivity index (χ4v) is 2.19. The van der Waals surface area contributed by atoms with Crippen molar-refractivity contribution in [3.63, 3.8) is 0 Å². The first-order valence-corrected chi connectivity index (χ1v) is 7.18. The first-order valence-electron chi connectivity index (χ1n) is 6.00. The summed E-state index contributed by atoms with van der Waals surface area (Å²) in [5, 5.41) is 6.60. The molecule has 1 rings (SSSR count). The monoisotopic (exact) mass is 332 g/mol. The molecule has 0 fully saturated rings. The summed E-state index contributed by atoms with van der Waals surface area (Å²) < 4.78 is 0.908. The Kier molecular flexibility index (Phi) is 6.50. The second kappa shape index (κ2) is 7.64. The average molecular weight is 334 g/mol. The van der Waals surface area contributed by atoms with Crippen LogP contribution in [0.25, 0.3) is 0 Å². The van der Waals surface area contributed by atoms with Gasteiger partial charge >= 0.3 is 0 Å². The normalized spacial score (nSPS) is 10.2. The third-order valence-corrected chi connectivity index (χ3v) is 3.60. The van der Waals surface area contributed by atoms with Gasteiger partial charge in [0.2, 0.25) is 5.91 Å². The third-order valence-electron chi connectivity index (χ3n) is 2.54. The first kappa shape index (κ1) is 15.3. The molecule has 1 aromatic carbocycles. The number of hydrogen-bond donors (Lipinski definition) is 2. The Morgan fingerprint density at radius 3 is 2.83 bits per heavy atom. The van der Waals surface area contributed by atoms with E-state index in [1.54, 1.807) is 0 Å². The SMILES string of the molecule is CCCCNC(=O)CNc1cc(Cl)c(C)cc1Br. The molecule has 0 aromatic heterocycles. The van der Waals surface area contributed by atoms with E-state index in [0.717, 1.165) is 35.1 Å². The van der Waals surface area contributed by atoms with Gasteiger partial charge in [-0.3, -0.25) is 4.79 Å². The number of carbonyl (C=O) groups excluding carboxylic acids is 1. The topological polar surface area (TPSA) is 41.1 Å². The molecule has 0 atom stereocenters. The predicted octanol–water partition coefficient (Wildman–Crippen LogP) is 3.74. The van der Waals surface area contributed by atoms with E-state index in [4.69, 9.17) is 11.6 Å². The minimum absolute atomic E-state index is 0.00736. The summed E-state index contributed by atoms with van der Waals surface area (Å²) in [7, 11) is 0. The minimum Gasteiger partial charge on any atom is -0.375 e. The van der Waals surface area contributed by atoms with E-state index in [1.165, 1.54) is 0 Å². The van der Waals surface area contributed by atoms with Crippen molar-refractivity contribution >= 4 is 39.1 Å². The van der Waals surface area contributed by atoms with Crippen LogP contribution in [0.1, 0.15) is 25.3 Å². The standard InChI is InChI=1S/C13H18BrClN2O/c1-3-4-5-16-13(18)8-17-12-7-11(15)9(2)6-10(12)14/h6-7,17H,3-5,8H2,1-2H3,(H,16,18). The maximum Gasteiger partial charge on any atom is 0.239 e. The summed E-state index contributed by atoms with van der Waals surface area (Å²) in [5.74, 6) is -0.00736. The second-order valence-corrected chi connectivity index (χ2v) is 5.40. The number of rotatable bonds is 6. The van der Waals surface area contributed by atoms with Crippen LogP contribution in [0.4, 0.5) is 5.69 Å². The van der Waals surface area contributed by atoms with Crippen LogP contribution in [0.5, 0.6) is 0 Å². The Labute approximate surface area is 121 Å². The summed E-state index contributed by atoms with van der Waals surface area (Å²) in [5.41, 5.74) is 1.83. The van der Waals surface area contributed by atoms with Gasteiger partial charge in [-0.1, -0.05) is 24.9 Å². The molecule has 0 bridgehead atoms. The fourth-order valence-electron chi connectivity index (χ4n) is 1.42. The number of anilines is 1. The molecule has 0 aliphatic heterocycles. The van der Waals surface area contributed by atoms with Gasteiger partial charge in [-0.15, -0.1) is 0 Å². The smallest absolute Gasteiger partial charge is 0.239 e. The van der Waals surface area contributed by atoms with Gasteiger partial charge < -0.3 is 10.6 Å². The predicted molar refractivity (Wildman–Crippen MR) is 80.3 cm³/mol. The van der Waals surface area contributed by atoms with Gasteiger partial charge in [0.25, 0.3) is 0 Å². The van der Waals surface area contributed by atoms with Crippen LogP contribution in [0.3, 0.4) is 0 Å². The Hall–Kier alpha value is -0.740. The van der Waals surface area contributed by atoms with Crippen LogP contribution < -0.4 is 10.6 Å². The number of hydrogen-bond acceptors (Lipinski definition) is 2. The van der Waals surface area contributed by atoms with Crippen molar-refractivity contribution in [2.75, 3.05) is 18.4 Å². The van der Waals surface area contributed by atoms with E-state index < -0.39 is 0 Å². The van der Waals surface area contributed by atoms with Gasteiger partial charge in [-0.2, -0.15) is 0 Å². The summed E-state index contributed by atoms with van der Waals surface area (Å²) >= 11 is 9.48. The molecular weight excluding hydrogens is 316 g/mol. The highest BCUT2D eigenvalue weighted by atomic mass is 79.9. The number of aryl methyl sites for hydroxylation is 1. The molecule has 0 saturated carbocycles. The fraction of sp³-hybridized carbons (Fsp3) is 0.462. The molecule has 1 aromatic rings. The first-order chi connectivity index (χ1) is 8.54. The zero-order chi connectivity index (χ0) is 13.5. The lowest BCUT2D eigenvalue weighted by Gasteiger charge is -2.10. The molecule has 5 heteroatoms. The molecular formula is C13H18BrClN2O. The maximum atomic E-state index is 11.5. The van der Waals surface area contributed by atoms with Crippen molar-refractivity contribution in [2.24, 2.45) is 0 Å². The molecule has 0 aliphatic carbocycles. The lowest BCUT2D eigenvalue weighted by Crippen LogP contribution is -2.30. The number of amides is 1. The van der Waals surface area contributed by atoms with Crippen molar-refractivity contribution in [3.8, 4) is 0 Å².